The molecule has 0 saturated carbocycles. The topological polar surface area (TPSA) is 49.4 Å². The lowest BCUT2D eigenvalue weighted by Gasteiger charge is -2.21. The molecule has 6 aromatic carbocycles. The first-order chi connectivity index (χ1) is 26.7. The Morgan fingerprint density at radius 3 is 1.62 bits per heavy atom. The molecule has 292 valence electrons. The van der Waals surface area contributed by atoms with E-state index in [1.54, 1.807) is 26.0 Å². The van der Waals surface area contributed by atoms with E-state index < -0.39 is 0 Å². The third-order valence-corrected chi connectivity index (χ3v) is 11.9. The molecule has 2 aliphatic rings. The fourth-order valence-electron chi connectivity index (χ4n) is 8.38. The highest BCUT2D eigenvalue weighted by Gasteiger charge is 2.25. The van der Waals surface area contributed by atoms with Crippen LogP contribution in [0.5, 0.6) is 0 Å². The summed E-state index contributed by atoms with van der Waals surface area (Å²) in [5.74, 6) is 3.02. The molecule has 4 atom stereocenters. The molecule has 6 aromatic rings. The Kier molecular flexibility index (Phi) is 15.9. The molecule has 2 fully saturated rings. The van der Waals surface area contributed by atoms with Gasteiger partial charge in [0.15, 0.2) is 11.6 Å². The van der Waals surface area contributed by atoms with E-state index in [9.17, 15) is 9.59 Å². The zero-order valence-electron chi connectivity index (χ0n) is 33.2. The van der Waals surface area contributed by atoms with Crippen LogP contribution in [0, 0.1) is 11.8 Å². The average Bonchev–Trinajstić information content (AvgIpc) is 3.91. The molecule has 0 spiro atoms. The molecule has 0 bridgehead atoms. The van der Waals surface area contributed by atoms with Gasteiger partial charge in [0, 0.05) is 34.4 Å². The van der Waals surface area contributed by atoms with Gasteiger partial charge in [-0.05, 0) is 145 Å². The lowest BCUT2D eigenvalue weighted by Crippen LogP contribution is -2.20. The predicted octanol–water partition coefficient (Wildman–Crippen LogP) is 13.1. The molecule has 0 aliphatic carbocycles. The highest BCUT2D eigenvalue weighted by Crippen LogP contribution is 2.35. The number of carbonyl (C=O) groups excluding carboxylic acids is 2. The van der Waals surface area contributed by atoms with Gasteiger partial charge in [0.25, 0.3) is 0 Å². The summed E-state index contributed by atoms with van der Waals surface area (Å²) in [5, 5.41) is 8.99. The summed E-state index contributed by atoms with van der Waals surface area (Å²) in [5.41, 5.74) is 5.76. The highest BCUT2D eigenvalue weighted by atomic mass is 79.9. The van der Waals surface area contributed by atoms with Gasteiger partial charge in [-0.25, -0.2) is 0 Å². The number of benzene rings is 6. The molecule has 1 N–H and O–H groups in total. The van der Waals surface area contributed by atoms with Gasteiger partial charge in [0.2, 0.25) is 0 Å². The monoisotopic (exact) mass is 830 g/mol. The number of halogens is 2. The van der Waals surface area contributed by atoms with E-state index in [0.717, 1.165) is 34.6 Å². The summed E-state index contributed by atoms with van der Waals surface area (Å²) in [6, 6.07) is 46.2. The van der Waals surface area contributed by atoms with Crippen LogP contribution < -0.4 is 10.2 Å². The van der Waals surface area contributed by atoms with Crippen molar-refractivity contribution in [1.82, 2.24) is 5.32 Å². The maximum absolute atomic E-state index is 11.5. The Balaban J connectivity index is 0.000000178. The van der Waals surface area contributed by atoms with Crippen molar-refractivity contribution >= 4 is 67.1 Å². The van der Waals surface area contributed by atoms with Crippen molar-refractivity contribution < 1.29 is 9.59 Å². The van der Waals surface area contributed by atoms with Crippen molar-refractivity contribution in [3.8, 4) is 0 Å². The minimum atomic E-state index is 0. The molecule has 6 heteroatoms. The van der Waals surface area contributed by atoms with Crippen molar-refractivity contribution in [3.05, 3.63) is 160 Å². The van der Waals surface area contributed by atoms with Gasteiger partial charge in [0.05, 0.1) is 0 Å². The fourth-order valence-corrected chi connectivity index (χ4v) is 8.65. The van der Waals surface area contributed by atoms with E-state index in [1.165, 1.54) is 77.1 Å². The van der Waals surface area contributed by atoms with Gasteiger partial charge < -0.3 is 10.2 Å². The van der Waals surface area contributed by atoms with Crippen LogP contribution in [0.4, 0.5) is 5.69 Å². The van der Waals surface area contributed by atoms with Gasteiger partial charge in [-0.2, -0.15) is 0 Å². The SMILES string of the molecule is CC(=O)c1ccc(Br)cc1.CC(=O)c1ccc(N2CC[C@H](C[C@H](C)c3cccc4ccccc34)C2)cc1.C[C@@H](C[C@H]1CCNC1)c1cccc2ccccc12.Cl. The van der Waals surface area contributed by atoms with Crippen LogP contribution >= 0.6 is 28.3 Å². The van der Waals surface area contributed by atoms with Crippen LogP contribution in [-0.4, -0.2) is 37.7 Å². The number of rotatable bonds is 9. The number of carbonyl (C=O) groups is 2. The van der Waals surface area contributed by atoms with E-state index in [-0.39, 0.29) is 24.0 Å². The first-order valence-electron chi connectivity index (χ1n) is 19.9. The van der Waals surface area contributed by atoms with Crippen LogP contribution in [0.1, 0.15) is 97.1 Å². The standard InChI is InChI=1S/C25H27NO.C17H21N.C8H7BrO.ClH/c1-18(24-9-5-7-22-6-3-4-8-25(22)24)16-20-14-15-26(17-20)23-12-10-21(11-13-23)19(2)27;1-13(11-14-9-10-18-12-14)16-8-4-6-15-5-2-3-7-17(15)16;1-6(10)7-2-4-8(9)5-3-7;/h3-13,18,20H,14-17H2,1-2H3;2-8,13-14,18H,9-12H2,1H3;2-5H,1H3;1H/t18-,20+;13-,14+;;/m00../s1. The molecule has 0 aromatic heterocycles. The summed E-state index contributed by atoms with van der Waals surface area (Å²) >= 11 is 3.28. The first kappa shape index (κ1) is 42.8. The number of nitrogens with zero attached hydrogens (tertiary/aromatic N) is 1. The second kappa shape index (κ2) is 20.8. The van der Waals surface area contributed by atoms with Crippen LogP contribution in [0.2, 0.25) is 0 Å². The van der Waals surface area contributed by atoms with E-state index >= 15 is 0 Å². The van der Waals surface area contributed by atoms with Gasteiger partial charge in [-0.3, -0.25) is 9.59 Å². The second-order valence-corrected chi connectivity index (χ2v) is 16.5. The van der Waals surface area contributed by atoms with E-state index in [0.29, 0.717) is 17.8 Å². The molecule has 2 saturated heterocycles. The van der Waals surface area contributed by atoms with Crippen molar-refractivity contribution in [1.29, 1.82) is 0 Å². The van der Waals surface area contributed by atoms with Crippen LogP contribution in [0.15, 0.2) is 138 Å². The Labute approximate surface area is 348 Å². The minimum absolute atomic E-state index is 0. The summed E-state index contributed by atoms with van der Waals surface area (Å²) < 4.78 is 0.998. The third-order valence-electron chi connectivity index (χ3n) is 11.4. The molecular weight excluding hydrogens is 776 g/mol. The normalized spacial score (nSPS) is 17.2. The van der Waals surface area contributed by atoms with Gasteiger partial charge in [0.1, 0.15) is 0 Å². The molecule has 8 rings (SSSR count). The number of hydrogen-bond acceptors (Lipinski definition) is 4. The zero-order chi connectivity index (χ0) is 38.7. The number of anilines is 1. The Morgan fingerprint density at radius 1 is 0.643 bits per heavy atom. The van der Waals surface area contributed by atoms with E-state index in [1.807, 2.05) is 24.3 Å². The number of Topliss-reactive ketones (excluding diaryl/α,β-unsaturated/α-hetero) is 2. The molecule has 2 aliphatic heterocycles. The summed E-state index contributed by atoms with van der Waals surface area (Å²) in [7, 11) is 0. The molecule has 2 heterocycles. The third kappa shape index (κ3) is 11.4. The van der Waals surface area contributed by atoms with Gasteiger partial charge >= 0.3 is 0 Å². The van der Waals surface area contributed by atoms with E-state index in [2.05, 4.69) is 137 Å². The minimum Gasteiger partial charge on any atom is -0.371 e. The zero-order valence-corrected chi connectivity index (χ0v) is 35.6. The van der Waals surface area contributed by atoms with Crippen molar-refractivity contribution in [2.45, 2.75) is 65.2 Å². The number of nitrogens with one attached hydrogen (secondary N) is 1. The lowest BCUT2D eigenvalue weighted by atomic mass is 9.87. The molecule has 56 heavy (non-hydrogen) atoms. The summed E-state index contributed by atoms with van der Waals surface area (Å²) in [6.07, 6.45) is 5.11. The number of ketones is 2. The molecular formula is C50H56BrClN2O2. The van der Waals surface area contributed by atoms with Crippen LogP contribution in [0.3, 0.4) is 0 Å². The summed E-state index contributed by atoms with van der Waals surface area (Å²) in [4.78, 5) is 24.7. The van der Waals surface area contributed by atoms with E-state index in [4.69, 9.17) is 0 Å². The number of fused-ring (bicyclic) bond motifs is 2. The molecule has 4 nitrogen and oxygen atoms in total. The lowest BCUT2D eigenvalue weighted by molar-refractivity contribution is 0.100. The Hall–Kier alpha value is -4.29. The highest BCUT2D eigenvalue weighted by molar-refractivity contribution is 9.10. The first-order valence-corrected chi connectivity index (χ1v) is 20.7. The fraction of sp³-hybridized carbons (Fsp3) is 0.320. The van der Waals surface area contributed by atoms with Crippen LogP contribution in [-0.2, 0) is 0 Å². The van der Waals surface area contributed by atoms with Gasteiger partial charge in [-0.15, -0.1) is 12.4 Å². The largest absolute Gasteiger partial charge is 0.371 e. The molecule has 0 amide bonds. The quantitative estimate of drug-likeness (QED) is 0.147. The maximum atomic E-state index is 11.5. The Morgan fingerprint density at radius 2 is 1.12 bits per heavy atom. The second-order valence-electron chi connectivity index (χ2n) is 15.5. The summed E-state index contributed by atoms with van der Waals surface area (Å²) in [6.45, 7) is 12.5. The molecule has 0 radical (unpaired) electrons. The Bertz CT molecular complexity index is 2170. The van der Waals surface area contributed by atoms with Crippen molar-refractivity contribution in [3.63, 3.8) is 0 Å². The average molecular weight is 832 g/mol. The van der Waals surface area contributed by atoms with Crippen molar-refractivity contribution in [2.75, 3.05) is 31.1 Å². The molecule has 0 unspecified atom stereocenters. The van der Waals surface area contributed by atoms with Crippen LogP contribution in [0.25, 0.3) is 21.5 Å². The van der Waals surface area contributed by atoms with Gasteiger partial charge in [-0.1, -0.05) is 127 Å². The van der Waals surface area contributed by atoms with Crippen molar-refractivity contribution in [2.24, 2.45) is 11.8 Å². The maximum Gasteiger partial charge on any atom is 0.159 e. The predicted molar refractivity (Wildman–Crippen MR) is 243 cm³/mol. The number of hydrogen-bond donors (Lipinski definition) is 1. The smallest absolute Gasteiger partial charge is 0.159 e.